The fourth-order valence-corrected chi connectivity index (χ4v) is 3.63. The van der Waals surface area contributed by atoms with Gasteiger partial charge in [-0.1, -0.05) is 54.6 Å². The average Bonchev–Trinajstić information content (AvgIpc) is 3.27. The maximum Gasteiger partial charge on any atom is 0.407 e. The minimum Gasteiger partial charge on any atom is -0.449 e. The molecule has 0 atom stereocenters. The summed E-state index contributed by atoms with van der Waals surface area (Å²) in [4.78, 5) is 16.3. The van der Waals surface area contributed by atoms with Crippen molar-refractivity contribution in [2.45, 2.75) is 12.3 Å². The van der Waals surface area contributed by atoms with E-state index in [-0.39, 0.29) is 12.0 Å². The Balaban J connectivity index is 1.29. The van der Waals surface area contributed by atoms with Crippen LogP contribution in [0.15, 0.2) is 67.1 Å². The summed E-state index contributed by atoms with van der Waals surface area (Å²) in [5.41, 5.74) is 5.80. The number of alkyl carbamates (subject to hydrolysis) is 1. The number of fused-ring (bicyclic) bond motifs is 3. The lowest BCUT2D eigenvalue weighted by atomic mass is 9.98. The molecule has 0 saturated heterocycles. The van der Waals surface area contributed by atoms with Gasteiger partial charge < -0.3 is 14.6 Å². The van der Waals surface area contributed by atoms with Crippen molar-refractivity contribution < 1.29 is 9.53 Å². The van der Waals surface area contributed by atoms with Crippen LogP contribution >= 0.6 is 0 Å². The molecule has 4 rings (SSSR count). The molecule has 1 heterocycles. The van der Waals surface area contributed by atoms with E-state index in [1.54, 1.807) is 6.33 Å². The molecule has 28 heavy (non-hydrogen) atoms. The van der Waals surface area contributed by atoms with E-state index in [4.69, 9.17) is 4.74 Å². The fourth-order valence-electron chi connectivity index (χ4n) is 3.63. The third kappa shape index (κ3) is 3.83. The largest absolute Gasteiger partial charge is 0.449 e. The Morgan fingerprint density at radius 1 is 1.14 bits per heavy atom. The van der Waals surface area contributed by atoms with Crippen LogP contribution in [0.2, 0.25) is 0 Å². The summed E-state index contributed by atoms with van der Waals surface area (Å²) in [6.07, 6.45) is 7.98. The highest BCUT2D eigenvalue weighted by molar-refractivity contribution is 5.79. The van der Waals surface area contributed by atoms with E-state index in [0.29, 0.717) is 13.2 Å². The molecule has 1 aliphatic carbocycles. The van der Waals surface area contributed by atoms with E-state index in [1.807, 2.05) is 54.2 Å². The van der Waals surface area contributed by atoms with Gasteiger partial charge in [-0.25, -0.2) is 9.78 Å². The highest BCUT2D eigenvalue weighted by atomic mass is 16.5. The number of nitrogens with one attached hydrogen (secondary N) is 1. The molecular formula is C23H23N3O2. The molecule has 0 bridgehead atoms. The van der Waals surface area contributed by atoms with Crippen molar-refractivity contribution in [2.75, 3.05) is 13.2 Å². The number of carbonyl (C=O) groups excluding carboxylic acids is 1. The van der Waals surface area contributed by atoms with E-state index < -0.39 is 0 Å². The molecule has 1 N–H and O–H groups in total. The van der Waals surface area contributed by atoms with Crippen molar-refractivity contribution in [3.8, 4) is 11.1 Å². The molecule has 0 radical (unpaired) electrons. The molecule has 2 aromatic carbocycles. The number of hydrogen-bond acceptors (Lipinski definition) is 3. The lowest BCUT2D eigenvalue weighted by molar-refractivity contribution is 0.143. The van der Waals surface area contributed by atoms with Gasteiger partial charge in [0.25, 0.3) is 0 Å². The average molecular weight is 373 g/mol. The fraction of sp³-hybridized carbons (Fsp3) is 0.217. The standard InChI is InChI=1S/C23H23N3O2/c1-26-14-17(25-16-26)8-6-7-13-24-23(27)28-15-22-20-11-4-2-9-18(20)19-10-3-5-12-21(19)22/h2-6,8-12,14,16,22H,7,13,15H2,1H3,(H,24,27). The summed E-state index contributed by atoms with van der Waals surface area (Å²) >= 11 is 0. The number of nitrogens with zero attached hydrogens (tertiary/aromatic N) is 2. The van der Waals surface area contributed by atoms with Gasteiger partial charge in [0, 0.05) is 25.7 Å². The van der Waals surface area contributed by atoms with E-state index in [0.717, 1.165) is 12.1 Å². The second-order valence-corrected chi connectivity index (χ2v) is 6.91. The maximum atomic E-state index is 12.1. The zero-order valence-electron chi connectivity index (χ0n) is 15.8. The van der Waals surface area contributed by atoms with Crippen molar-refractivity contribution in [1.82, 2.24) is 14.9 Å². The molecule has 1 aliphatic rings. The van der Waals surface area contributed by atoms with Gasteiger partial charge in [-0.05, 0) is 34.8 Å². The van der Waals surface area contributed by atoms with Crippen molar-refractivity contribution in [3.05, 3.63) is 84.0 Å². The van der Waals surface area contributed by atoms with E-state index >= 15 is 0 Å². The van der Waals surface area contributed by atoms with Crippen molar-refractivity contribution in [1.29, 1.82) is 0 Å². The number of imidazole rings is 1. The van der Waals surface area contributed by atoms with Crippen LogP contribution in [0.1, 0.15) is 29.2 Å². The Labute approximate surface area is 164 Å². The first kappa shape index (κ1) is 18.0. The van der Waals surface area contributed by atoms with E-state index in [9.17, 15) is 4.79 Å². The zero-order chi connectivity index (χ0) is 19.3. The Morgan fingerprint density at radius 3 is 2.46 bits per heavy atom. The third-order valence-corrected chi connectivity index (χ3v) is 4.94. The van der Waals surface area contributed by atoms with E-state index in [1.165, 1.54) is 22.3 Å². The second-order valence-electron chi connectivity index (χ2n) is 6.91. The highest BCUT2D eigenvalue weighted by Crippen LogP contribution is 2.44. The zero-order valence-corrected chi connectivity index (χ0v) is 15.8. The van der Waals surface area contributed by atoms with Crippen molar-refractivity contribution in [2.24, 2.45) is 7.05 Å². The first-order chi connectivity index (χ1) is 13.7. The minimum absolute atomic E-state index is 0.0854. The molecule has 0 fully saturated rings. The quantitative estimate of drug-likeness (QED) is 0.653. The Morgan fingerprint density at radius 2 is 1.82 bits per heavy atom. The van der Waals surface area contributed by atoms with Gasteiger partial charge in [0.2, 0.25) is 0 Å². The predicted octanol–water partition coefficient (Wildman–Crippen LogP) is 4.36. The van der Waals surface area contributed by atoms with E-state index in [2.05, 4.69) is 34.6 Å². The summed E-state index contributed by atoms with van der Waals surface area (Å²) in [5.74, 6) is 0.0854. The molecule has 0 aliphatic heterocycles. The first-order valence-electron chi connectivity index (χ1n) is 9.46. The molecule has 0 unspecified atom stereocenters. The van der Waals surface area contributed by atoms with Gasteiger partial charge in [-0.3, -0.25) is 0 Å². The monoisotopic (exact) mass is 373 g/mol. The molecule has 142 valence electrons. The van der Waals surface area contributed by atoms with Crippen LogP contribution in [-0.4, -0.2) is 28.8 Å². The lowest BCUT2D eigenvalue weighted by Gasteiger charge is -2.14. The van der Waals surface area contributed by atoms with Gasteiger partial charge in [-0.15, -0.1) is 0 Å². The number of aryl methyl sites for hydroxylation is 1. The first-order valence-corrected chi connectivity index (χ1v) is 9.46. The van der Waals surface area contributed by atoms with Crippen LogP contribution in [0.5, 0.6) is 0 Å². The van der Waals surface area contributed by atoms with Gasteiger partial charge in [-0.2, -0.15) is 0 Å². The van der Waals surface area contributed by atoms with Gasteiger partial charge in [0.05, 0.1) is 12.0 Å². The Hall–Kier alpha value is -3.34. The van der Waals surface area contributed by atoms with Crippen LogP contribution in [0.25, 0.3) is 17.2 Å². The second kappa shape index (κ2) is 8.13. The van der Waals surface area contributed by atoms with Crippen molar-refractivity contribution >= 4 is 12.2 Å². The predicted molar refractivity (Wildman–Crippen MR) is 110 cm³/mol. The summed E-state index contributed by atoms with van der Waals surface area (Å²) in [7, 11) is 1.93. The summed E-state index contributed by atoms with van der Waals surface area (Å²) < 4.78 is 7.42. The molecule has 5 heteroatoms. The van der Waals surface area contributed by atoms with Crippen LogP contribution in [0.4, 0.5) is 4.79 Å². The van der Waals surface area contributed by atoms with Gasteiger partial charge in [0.1, 0.15) is 6.61 Å². The van der Waals surface area contributed by atoms with Crippen LogP contribution in [0, 0.1) is 0 Å². The number of ether oxygens (including phenoxy) is 1. The summed E-state index contributed by atoms with van der Waals surface area (Å²) in [6, 6.07) is 16.6. The molecule has 1 aromatic heterocycles. The number of benzene rings is 2. The topological polar surface area (TPSA) is 56.2 Å². The molecule has 0 spiro atoms. The van der Waals surface area contributed by atoms with Gasteiger partial charge >= 0.3 is 6.09 Å². The summed E-state index contributed by atoms with van der Waals surface area (Å²) in [6.45, 7) is 0.865. The number of carbonyl (C=O) groups is 1. The molecule has 3 aromatic rings. The van der Waals surface area contributed by atoms with Crippen LogP contribution < -0.4 is 5.32 Å². The molecule has 0 saturated carbocycles. The number of aromatic nitrogens is 2. The van der Waals surface area contributed by atoms with Gasteiger partial charge in [0.15, 0.2) is 0 Å². The smallest absolute Gasteiger partial charge is 0.407 e. The Bertz CT molecular complexity index is 961. The molecule has 5 nitrogen and oxygen atoms in total. The van der Waals surface area contributed by atoms with Crippen LogP contribution in [-0.2, 0) is 11.8 Å². The Kier molecular flexibility index (Phi) is 5.24. The van der Waals surface area contributed by atoms with Crippen molar-refractivity contribution in [3.63, 3.8) is 0 Å². The minimum atomic E-state index is -0.381. The lowest BCUT2D eigenvalue weighted by Crippen LogP contribution is -2.26. The normalized spacial score (nSPS) is 12.8. The number of amides is 1. The number of rotatable bonds is 6. The number of hydrogen-bond donors (Lipinski definition) is 1. The van der Waals surface area contributed by atoms with Crippen LogP contribution in [0.3, 0.4) is 0 Å². The SMILES string of the molecule is Cn1cnc(C=CCCNC(=O)OCC2c3ccccc3-c3ccccc32)c1. The molecular weight excluding hydrogens is 350 g/mol. The summed E-state index contributed by atoms with van der Waals surface area (Å²) in [5, 5.41) is 2.81. The third-order valence-electron chi connectivity index (χ3n) is 4.94. The molecule has 1 amide bonds. The maximum absolute atomic E-state index is 12.1. The highest BCUT2D eigenvalue weighted by Gasteiger charge is 2.28.